The normalized spacial score (nSPS) is 10.6. The van der Waals surface area contributed by atoms with E-state index in [-0.39, 0.29) is 0 Å². The van der Waals surface area contributed by atoms with Gasteiger partial charge >= 0.3 is 0 Å². The first-order valence-electron chi connectivity index (χ1n) is 4.81. The van der Waals surface area contributed by atoms with Gasteiger partial charge in [-0.2, -0.15) is 0 Å². The number of benzene rings is 2. The Bertz CT molecular complexity index is 500. The Morgan fingerprint density at radius 2 is 1.00 bits per heavy atom. The van der Waals surface area contributed by atoms with Crippen molar-refractivity contribution in [3.8, 4) is 0 Å². The summed E-state index contributed by atoms with van der Waals surface area (Å²) in [5.41, 5.74) is 0.741. The van der Waals surface area contributed by atoms with Crippen LogP contribution in [0.25, 0.3) is 0 Å². The number of halogens is 4. The first kappa shape index (κ1) is 11.6. The first-order valence-corrected chi connectivity index (χ1v) is 4.81. The van der Waals surface area contributed by atoms with Crippen molar-refractivity contribution in [3.05, 3.63) is 77.2 Å². The van der Waals surface area contributed by atoms with E-state index < -0.39 is 23.3 Å². The van der Waals surface area contributed by atoms with Gasteiger partial charge in [0.25, 0.3) is 0 Å². The molecule has 87 valence electrons. The fraction of sp³-hybridized carbons (Fsp3) is 0. The second-order valence-electron chi connectivity index (χ2n) is 3.49. The molecule has 2 rings (SSSR count). The molecule has 0 aliphatic heterocycles. The van der Waals surface area contributed by atoms with Gasteiger partial charge in [-0.3, -0.25) is 0 Å². The lowest BCUT2D eigenvalue weighted by atomic mass is 10.0. The zero-order valence-corrected chi connectivity index (χ0v) is 8.55. The number of hydrogen-bond acceptors (Lipinski definition) is 0. The fourth-order valence-corrected chi connectivity index (χ4v) is 1.40. The van der Waals surface area contributed by atoms with Gasteiger partial charge in [0.1, 0.15) is 0 Å². The molecule has 2 aromatic rings. The van der Waals surface area contributed by atoms with Crippen molar-refractivity contribution in [2.75, 3.05) is 0 Å². The molecule has 0 nitrogen and oxygen atoms in total. The highest BCUT2D eigenvalue weighted by molar-refractivity contribution is 5.37. The van der Waals surface area contributed by atoms with Crippen molar-refractivity contribution in [2.24, 2.45) is 0 Å². The predicted molar refractivity (Wildman–Crippen MR) is 55.2 cm³/mol. The molecule has 1 radical (unpaired) electrons. The molecule has 0 spiro atoms. The Morgan fingerprint density at radius 3 is 1.35 bits per heavy atom. The minimum Gasteiger partial charge on any atom is -0.204 e. The van der Waals surface area contributed by atoms with Gasteiger partial charge in [-0.15, -0.1) is 0 Å². The van der Waals surface area contributed by atoms with Crippen LogP contribution in [0.1, 0.15) is 11.1 Å². The number of rotatable bonds is 2. The van der Waals surface area contributed by atoms with Gasteiger partial charge < -0.3 is 0 Å². The van der Waals surface area contributed by atoms with E-state index in [0.29, 0.717) is 11.1 Å². The van der Waals surface area contributed by atoms with E-state index in [1.54, 1.807) is 0 Å². The summed E-state index contributed by atoms with van der Waals surface area (Å²) in [6.45, 7) is 0. The van der Waals surface area contributed by atoms with Crippen LogP contribution in [-0.2, 0) is 0 Å². The molecular formula is C13H7F4. The summed E-state index contributed by atoms with van der Waals surface area (Å²) in [6, 6.07) is 6.61. The predicted octanol–water partition coefficient (Wildman–Crippen LogP) is 3.84. The summed E-state index contributed by atoms with van der Waals surface area (Å²) < 4.78 is 51.1. The Morgan fingerprint density at radius 1 is 0.588 bits per heavy atom. The molecular weight excluding hydrogens is 232 g/mol. The van der Waals surface area contributed by atoms with Crippen LogP contribution in [0.3, 0.4) is 0 Å². The molecule has 0 unspecified atom stereocenters. The van der Waals surface area contributed by atoms with Crippen LogP contribution in [0.5, 0.6) is 0 Å². The lowest BCUT2D eigenvalue weighted by Crippen LogP contribution is -1.92. The molecule has 0 fully saturated rings. The van der Waals surface area contributed by atoms with E-state index in [9.17, 15) is 17.6 Å². The fourth-order valence-electron chi connectivity index (χ4n) is 1.40. The maximum Gasteiger partial charge on any atom is 0.159 e. The van der Waals surface area contributed by atoms with Gasteiger partial charge in [-0.25, -0.2) is 17.6 Å². The summed E-state index contributed by atoms with van der Waals surface area (Å²) in [5.74, 6) is -3.87. The second-order valence-corrected chi connectivity index (χ2v) is 3.49. The molecule has 0 N–H and O–H groups in total. The van der Waals surface area contributed by atoms with Gasteiger partial charge in [0, 0.05) is 6.42 Å². The topological polar surface area (TPSA) is 0 Å². The van der Waals surface area contributed by atoms with E-state index in [4.69, 9.17) is 0 Å². The Labute approximate surface area is 95.5 Å². The molecule has 2 aromatic carbocycles. The molecule has 0 aliphatic carbocycles. The van der Waals surface area contributed by atoms with Crippen LogP contribution >= 0.6 is 0 Å². The van der Waals surface area contributed by atoms with Crippen molar-refractivity contribution in [1.82, 2.24) is 0 Å². The van der Waals surface area contributed by atoms with Gasteiger partial charge in [0.05, 0.1) is 0 Å². The third kappa shape index (κ3) is 2.64. The molecule has 0 bridgehead atoms. The van der Waals surface area contributed by atoms with Crippen LogP contribution in [0.2, 0.25) is 0 Å². The maximum atomic E-state index is 12.9. The van der Waals surface area contributed by atoms with E-state index in [1.807, 2.05) is 0 Å². The van der Waals surface area contributed by atoms with Gasteiger partial charge in [0.15, 0.2) is 23.3 Å². The molecule has 4 heteroatoms. The summed E-state index contributed by atoms with van der Waals surface area (Å²) in [6.07, 6.45) is 1.42. The molecule has 0 heterocycles. The highest BCUT2D eigenvalue weighted by atomic mass is 19.2. The summed E-state index contributed by atoms with van der Waals surface area (Å²) in [5, 5.41) is 0. The quantitative estimate of drug-likeness (QED) is 0.698. The smallest absolute Gasteiger partial charge is 0.159 e. The molecule has 0 atom stereocenters. The average molecular weight is 239 g/mol. The van der Waals surface area contributed by atoms with Gasteiger partial charge in [-0.1, -0.05) is 12.1 Å². The highest BCUT2D eigenvalue weighted by Crippen LogP contribution is 2.17. The van der Waals surface area contributed by atoms with Gasteiger partial charge in [-0.05, 0) is 35.4 Å². The minimum atomic E-state index is -0.985. The Hall–Kier alpha value is -1.84. The Kier molecular flexibility index (Phi) is 3.13. The standard InChI is InChI=1S/C13H7F4/c14-10-3-1-8(6-12(10)16)5-9-2-4-11(15)13(17)7-9/h1-7H. The molecule has 0 amide bonds. The molecule has 0 aromatic heterocycles. The maximum absolute atomic E-state index is 12.9. The minimum absolute atomic E-state index is 0.370. The van der Waals surface area contributed by atoms with E-state index in [2.05, 4.69) is 0 Å². The van der Waals surface area contributed by atoms with E-state index in [1.165, 1.54) is 18.6 Å². The van der Waals surface area contributed by atoms with Crippen molar-refractivity contribution in [2.45, 2.75) is 0 Å². The number of hydrogen-bond donors (Lipinski definition) is 0. The van der Waals surface area contributed by atoms with Crippen LogP contribution in [0.4, 0.5) is 17.6 Å². The molecule has 17 heavy (non-hydrogen) atoms. The lowest BCUT2D eigenvalue weighted by molar-refractivity contribution is 0.507. The van der Waals surface area contributed by atoms with Crippen LogP contribution < -0.4 is 0 Å². The van der Waals surface area contributed by atoms with Crippen LogP contribution in [0, 0.1) is 29.7 Å². The Balaban J connectivity index is 2.25. The third-order valence-corrected chi connectivity index (χ3v) is 2.22. The zero-order chi connectivity index (χ0) is 12.4. The van der Waals surface area contributed by atoms with Crippen molar-refractivity contribution >= 4 is 0 Å². The lowest BCUT2D eigenvalue weighted by Gasteiger charge is -2.03. The summed E-state index contributed by atoms with van der Waals surface area (Å²) in [7, 11) is 0. The highest BCUT2D eigenvalue weighted by Gasteiger charge is 2.06. The first-order chi connectivity index (χ1) is 8.06. The molecule has 0 saturated carbocycles. The van der Waals surface area contributed by atoms with Crippen molar-refractivity contribution in [1.29, 1.82) is 0 Å². The van der Waals surface area contributed by atoms with Crippen LogP contribution in [0.15, 0.2) is 36.4 Å². The van der Waals surface area contributed by atoms with E-state index >= 15 is 0 Å². The van der Waals surface area contributed by atoms with Gasteiger partial charge in [0.2, 0.25) is 0 Å². The average Bonchev–Trinajstić information content (AvgIpc) is 2.29. The monoisotopic (exact) mass is 239 g/mol. The van der Waals surface area contributed by atoms with Crippen LogP contribution in [-0.4, -0.2) is 0 Å². The molecule has 0 saturated heterocycles. The van der Waals surface area contributed by atoms with E-state index in [0.717, 1.165) is 24.3 Å². The van der Waals surface area contributed by atoms with Crippen molar-refractivity contribution < 1.29 is 17.6 Å². The van der Waals surface area contributed by atoms with Crippen molar-refractivity contribution in [3.63, 3.8) is 0 Å². The third-order valence-electron chi connectivity index (χ3n) is 2.22. The zero-order valence-electron chi connectivity index (χ0n) is 8.55. The molecule has 0 aliphatic rings. The largest absolute Gasteiger partial charge is 0.204 e. The summed E-state index contributed by atoms with van der Waals surface area (Å²) in [4.78, 5) is 0. The second kappa shape index (κ2) is 4.57. The SMILES string of the molecule is Fc1ccc([CH]c2ccc(F)c(F)c2)cc1F. The summed E-state index contributed by atoms with van der Waals surface area (Å²) >= 11 is 0.